The molecule has 0 aliphatic carbocycles. The van der Waals surface area contributed by atoms with Gasteiger partial charge in [0.15, 0.2) is 0 Å². The molecule has 2 N–H and O–H groups in total. The first-order valence-corrected chi connectivity index (χ1v) is 5.77. The van der Waals surface area contributed by atoms with E-state index in [4.69, 9.17) is 5.26 Å². The smallest absolute Gasteiger partial charge is 0.0621 e. The molecule has 0 aliphatic heterocycles. The molecule has 0 amide bonds. The van der Waals surface area contributed by atoms with Crippen LogP contribution in [-0.2, 0) is 0 Å². The van der Waals surface area contributed by atoms with Crippen LogP contribution in [0.1, 0.15) is 46.5 Å². The maximum absolute atomic E-state index is 9.35. The van der Waals surface area contributed by atoms with E-state index in [9.17, 15) is 5.11 Å². The molecule has 0 aliphatic rings. The predicted octanol–water partition coefficient (Wildman–Crippen LogP) is 2.07. The number of aliphatic hydroxyl groups is 1. The van der Waals surface area contributed by atoms with Crippen LogP contribution in [0.2, 0.25) is 0 Å². The molecule has 0 saturated heterocycles. The molecule has 0 aromatic heterocycles. The Morgan fingerprint density at radius 1 is 1.47 bits per heavy atom. The van der Waals surface area contributed by atoms with E-state index in [0.29, 0.717) is 6.42 Å². The lowest BCUT2D eigenvalue weighted by Crippen LogP contribution is -2.31. The first-order valence-electron chi connectivity index (χ1n) is 5.77. The molecule has 0 spiro atoms. The summed E-state index contributed by atoms with van der Waals surface area (Å²) in [6.07, 6.45) is 2.99. The Morgan fingerprint density at radius 3 is 2.67 bits per heavy atom. The lowest BCUT2D eigenvalue weighted by molar-refractivity contribution is 0.158. The minimum Gasteiger partial charge on any atom is -0.393 e. The monoisotopic (exact) mass is 212 g/mol. The van der Waals surface area contributed by atoms with Gasteiger partial charge in [-0.3, -0.25) is 0 Å². The van der Waals surface area contributed by atoms with Gasteiger partial charge in [0, 0.05) is 13.0 Å². The third kappa shape index (κ3) is 8.41. The molecule has 0 radical (unpaired) electrons. The number of rotatable bonds is 8. The molecule has 3 heteroatoms. The number of hydrogen-bond acceptors (Lipinski definition) is 3. The molecule has 1 atom stereocenters. The highest BCUT2D eigenvalue weighted by atomic mass is 16.3. The molecule has 0 aromatic rings. The standard InChI is InChI=1S/C12H24N2O/c1-4-11(15)6-9-14-10-12(2,3)7-5-8-13/h11,14-15H,4-7,9-10H2,1-3H3. The zero-order valence-corrected chi connectivity index (χ0v) is 10.2. The van der Waals surface area contributed by atoms with Crippen LogP contribution >= 0.6 is 0 Å². The maximum Gasteiger partial charge on any atom is 0.0621 e. The SMILES string of the molecule is CCC(O)CCNCC(C)(C)CCC#N. The largest absolute Gasteiger partial charge is 0.393 e. The van der Waals surface area contributed by atoms with Gasteiger partial charge in [-0.2, -0.15) is 5.26 Å². The number of aliphatic hydroxyl groups excluding tert-OH is 1. The van der Waals surface area contributed by atoms with Crippen LogP contribution < -0.4 is 5.32 Å². The zero-order valence-electron chi connectivity index (χ0n) is 10.2. The molecular formula is C12H24N2O. The van der Waals surface area contributed by atoms with E-state index < -0.39 is 0 Å². The second-order valence-corrected chi connectivity index (χ2v) is 4.85. The summed E-state index contributed by atoms with van der Waals surface area (Å²) in [7, 11) is 0. The Labute approximate surface area is 93.5 Å². The van der Waals surface area contributed by atoms with Crippen molar-refractivity contribution in [1.29, 1.82) is 5.26 Å². The number of nitriles is 1. The van der Waals surface area contributed by atoms with Gasteiger partial charge in [0.05, 0.1) is 12.2 Å². The van der Waals surface area contributed by atoms with E-state index in [-0.39, 0.29) is 11.5 Å². The first kappa shape index (κ1) is 14.4. The Balaban J connectivity index is 3.53. The van der Waals surface area contributed by atoms with Gasteiger partial charge in [-0.15, -0.1) is 0 Å². The lowest BCUT2D eigenvalue weighted by Gasteiger charge is -2.24. The summed E-state index contributed by atoms with van der Waals surface area (Å²) in [6.45, 7) is 8.07. The summed E-state index contributed by atoms with van der Waals surface area (Å²) in [4.78, 5) is 0. The van der Waals surface area contributed by atoms with Gasteiger partial charge in [0.1, 0.15) is 0 Å². The van der Waals surface area contributed by atoms with Crippen molar-refractivity contribution in [2.75, 3.05) is 13.1 Å². The highest BCUT2D eigenvalue weighted by Gasteiger charge is 2.16. The van der Waals surface area contributed by atoms with Gasteiger partial charge in [-0.1, -0.05) is 20.8 Å². The Kier molecular flexibility index (Phi) is 7.37. The quantitative estimate of drug-likeness (QED) is 0.606. The van der Waals surface area contributed by atoms with Crippen LogP contribution in [-0.4, -0.2) is 24.3 Å². The Bertz CT molecular complexity index is 196. The minimum atomic E-state index is -0.181. The first-order chi connectivity index (χ1) is 7.02. The van der Waals surface area contributed by atoms with Gasteiger partial charge in [0.2, 0.25) is 0 Å². The molecule has 88 valence electrons. The topological polar surface area (TPSA) is 56.0 Å². The van der Waals surface area contributed by atoms with Crippen molar-refractivity contribution >= 4 is 0 Å². The maximum atomic E-state index is 9.35. The van der Waals surface area contributed by atoms with Gasteiger partial charge < -0.3 is 10.4 Å². The summed E-state index contributed by atoms with van der Waals surface area (Å²) < 4.78 is 0. The van der Waals surface area contributed by atoms with E-state index in [1.807, 2.05) is 6.92 Å². The molecule has 0 fully saturated rings. The van der Waals surface area contributed by atoms with Crippen molar-refractivity contribution in [1.82, 2.24) is 5.32 Å². The van der Waals surface area contributed by atoms with E-state index >= 15 is 0 Å². The number of hydrogen-bond donors (Lipinski definition) is 2. The molecule has 1 unspecified atom stereocenters. The van der Waals surface area contributed by atoms with Crippen LogP contribution in [0.3, 0.4) is 0 Å². The average molecular weight is 212 g/mol. The molecule has 3 nitrogen and oxygen atoms in total. The fourth-order valence-electron chi connectivity index (χ4n) is 1.38. The van der Waals surface area contributed by atoms with Crippen molar-refractivity contribution < 1.29 is 5.11 Å². The normalized spacial score (nSPS) is 13.5. The van der Waals surface area contributed by atoms with Gasteiger partial charge in [-0.25, -0.2) is 0 Å². The van der Waals surface area contributed by atoms with E-state index in [1.54, 1.807) is 0 Å². The van der Waals surface area contributed by atoms with Crippen molar-refractivity contribution in [3.63, 3.8) is 0 Å². The van der Waals surface area contributed by atoms with E-state index in [0.717, 1.165) is 32.4 Å². The van der Waals surface area contributed by atoms with Gasteiger partial charge >= 0.3 is 0 Å². The van der Waals surface area contributed by atoms with E-state index in [2.05, 4.69) is 25.2 Å². The summed E-state index contributed by atoms with van der Waals surface area (Å²) >= 11 is 0. The number of nitrogens with one attached hydrogen (secondary N) is 1. The summed E-state index contributed by atoms with van der Waals surface area (Å²) in [5, 5.41) is 21.2. The van der Waals surface area contributed by atoms with Crippen molar-refractivity contribution in [3.8, 4) is 6.07 Å². The Hall–Kier alpha value is -0.590. The number of nitrogens with zero attached hydrogens (tertiary/aromatic N) is 1. The third-order valence-corrected chi connectivity index (χ3v) is 2.64. The van der Waals surface area contributed by atoms with Crippen LogP contribution in [0.4, 0.5) is 0 Å². The second kappa shape index (κ2) is 7.67. The van der Waals surface area contributed by atoms with Crippen molar-refractivity contribution in [2.45, 2.75) is 52.6 Å². The fraction of sp³-hybridized carbons (Fsp3) is 0.917. The molecule has 0 bridgehead atoms. The van der Waals surface area contributed by atoms with E-state index in [1.165, 1.54) is 0 Å². The molecule has 15 heavy (non-hydrogen) atoms. The summed E-state index contributed by atoms with van der Waals surface area (Å²) in [5.41, 5.74) is 0.174. The average Bonchev–Trinajstić information content (AvgIpc) is 2.21. The minimum absolute atomic E-state index is 0.174. The zero-order chi connectivity index (χ0) is 11.7. The highest BCUT2D eigenvalue weighted by Crippen LogP contribution is 2.20. The van der Waals surface area contributed by atoms with Crippen LogP contribution in [0.25, 0.3) is 0 Å². The molecule has 0 rings (SSSR count). The van der Waals surface area contributed by atoms with Crippen molar-refractivity contribution in [3.05, 3.63) is 0 Å². The van der Waals surface area contributed by atoms with Crippen LogP contribution in [0.15, 0.2) is 0 Å². The third-order valence-electron chi connectivity index (χ3n) is 2.64. The Morgan fingerprint density at radius 2 is 2.13 bits per heavy atom. The van der Waals surface area contributed by atoms with Crippen LogP contribution in [0, 0.1) is 16.7 Å². The van der Waals surface area contributed by atoms with Crippen LogP contribution in [0.5, 0.6) is 0 Å². The predicted molar refractivity (Wildman–Crippen MR) is 62.4 cm³/mol. The summed E-state index contributed by atoms with van der Waals surface area (Å²) in [5.74, 6) is 0. The van der Waals surface area contributed by atoms with Gasteiger partial charge in [0.25, 0.3) is 0 Å². The molecule has 0 aromatic carbocycles. The molecular weight excluding hydrogens is 188 g/mol. The highest BCUT2D eigenvalue weighted by molar-refractivity contribution is 4.78. The van der Waals surface area contributed by atoms with Gasteiger partial charge in [-0.05, 0) is 31.2 Å². The molecule has 0 saturated carbocycles. The summed E-state index contributed by atoms with van der Waals surface area (Å²) in [6, 6.07) is 2.17. The fourth-order valence-corrected chi connectivity index (χ4v) is 1.38. The second-order valence-electron chi connectivity index (χ2n) is 4.85. The van der Waals surface area contributed by atoms with Crippen molar-refractivity contribution in [2.24, 2.45) is 5.41 Å². The lowest BCUT2D eigenvalue weighted by atomic mass is 9.88. The molecule has 0 heterocycles.